The van der Waals surface area contributed by atoms with Crippen molar-refractivity contribution >= 4 is 23.4 Å². The minimum absolute atomic E-state index is 0.186. The summed E-state index contributed by atoms with van der Waals surface area (Å²) < 4.78 is 5.18. The number of nitrogens with two attached hydrogens (primary N) is 1. The van der Waals surface area contributed by atoms with E-state index in [1.165, 1.54) is 24.3 Å². The zero-order chi connectivity index (χ0) is 14.0. The van der Waals surface area contributed by atoms with Crippen molar-refractivity contribution < 1.29 is 14.3 Å². The van der Waals surface area contributed by atoms with E-state index in [0.29, 0.717) is 18.0 Å². The third-order valence-electron chi connectivity index (χ3n) is 3.13. The van der Waals surface area contributed by atoms with Gasteiger partial charge in [-0.15, -0.1) is 0 Å². The fourth-order valence-electron chi connectivity index (χ4n) is 2.11. The second kappa shape index (κ2) is 5.54. The SMILES string of the molecule is CO[C@H]1C[C@@H](C(N)=O)N(C(=O)c2ccc(Cl)cn2)C1. The predicted molar refractivity (Wildman–Crippen MR) is 68.7 cm³/mol. The number of rotatable bonds is 3. The molecule has 0 aliphatic carbocycles. The first kappa shape index (κ1) is 13.8. The second-order valence-corrected chi connectivity index (χ2v) is 4.77. The van der Waals surface area contributed by atoms with Gasteiger partial charge in [-0.3, -0.25) is 9.59 Å². The number of carbonyl (C=O) groups is 2. The molecule has 19 heavy (non-hydrogen) atoms. The summed E-state index contributed by atoms with van der Waals surface area (Å²) >= 11 is 5.72. The molecule has 102 valence electrons. The van der Waals surface area contributed by atoms with Gasteiger partial charge in [-0.2, -0.15) is 0 Å². The molecule has 2 atom stereocenters. The summed E-state index contributed by atoms with van der Waals surface area (Å²) in [6, 6.07) is 2.43. The topological polar surface area (TPSA) is 85.5 Å². The number of pyridine rings is 1. The number of nitrogens with zero attached hydrogens (tertiary/aromatic N) is 2. The molecule has 2 heterocycles. The van der Waals surface area contributed by atoms with E-state index in [2.05, 4.69) is 4.98 Å². The summed E-state index contributed by atoms with van der Waals surface area (Å²) in [4.78, 5) is 29.0. The van der Waals surface area contributed by atoms with E-state index in [4.69, 9.17) is 22.1 Å². The Morgan fingerprint density at radius 3 is 2.79 bits per heavy atom. The molecule has 2 amide bonds. The van der Waals surface area contributed by atoms with E-state index in [9.17, 15) is 9.59 Å². The maximum Gasteiger partial charge on any atom is 0.273 e. The molecule has 0 saturated carbocycles. The quantitative estimate of drug-likeness (QED) is 0.873. The largest absolute Gasteiger partial charge is 0.380 e. The smallest absolute Gasteiger partial charge is 0.273 e. The highest BCUT2D eigenvalue weighted by Gasteiger charge is 2.39. The van der Waals surface area contributed by atoms with Crippen molar-refractivity contribution in [3.05, 3.63) is 29.0 Å². The number of likely N-dealkylation sites (tertiary alicyclic amines) is 1. The summed E-state index contributed by atoms with van der Waals surface area (Å²) in [5, 5.41) is 0.444. The molecule has 6 nitrogen and oxygen atoms in total. The molecule has 1 aliphatic rings. The van der Waals surface area contributed by atoms with Gasteiger partial charge < -0.3 is 15.4 Å². The van der Waals surface area contributed by atoms with Gasteiger partial charge in [-0.05, 0) is 12.1 Å². The number of carbonyl (C=O) groups excluding carboxylic acids is 2. The van der Waals surface area contributed by atoms with Gasteiger partial charge in [0.1, 0.15) is 11.7 Å². The fourth-order valence-corrected chi connectivity index (χ4v) is 2.22. The Hall–Kier alpha value is -1.66. The van der Waals surface area contributed by atoms with Crippen LogP contribution in [0.4, 0.5) is 0 Å². The van der Waals surface area contributed by atoms with Crippen LogP contribution < -0.4 is 5.73 Å². The van der Waals surface area contributed by atoms with Gasteiger partial charge in [0.05, 0.1) is 11.1 Å². The van der Waals surface area contributed by atoms with Gasteiger partial charge in [0.25, 0.3) is 5.91 Å². The zero-order valence-corrected chi connectivity index (χ0v) is 11.1. The molecule has 0 unspecified atom stereocenters. The van der Waals surface area contributed by atoms with Crippen molar-refractivity contribution in [2.24, 2.45) is 5.73 Å². The normalized spacial score (nSPS) is 22.5. The number of primary amides is 1. The molecule has 1 fully saturated rings. The van der Waals surface area contributed by atoms with Crippen LogP contribution in [0.2, 0.25) is 5.02 Å². The number of methoxy groups -OCH3 is 1. The van der Waals surface area contributed by atoms with Crippen molar-refractivity contribution in [1.29, 1.82) is 0 Å². The van der Waals surface area contributed by atoms with E-state index in [1.54, 1.807) is 6.07 Å². The Morgan fingerprint density at radius 2 is 2.26 bits per heavy atom. The lowest BCUT2D eigenvalue weighted by Gasteiger charge is -2.21. The van der Waals surface area contributed by atoms with E-state index in [0.717, 1.165) is 0 Å². The summed E-state index contributed by atoms with van der Waals surface area (Å²) in [5.74, 6) is -0.887. The Labute approximate surface area is 115 Å². The molecule has 0 aromatic carbocycles. The lowest BCUT2D eigenvalue weighted by Crippen LogP contribution is -2.44. The van der Waals surface area contributed by atoms with E-state index in [-0.39, 0.29) is 17.7 Å². The first-order valence-corrected chi connectivity index (χ1v) is 6.15. The van der Waals surface area contributed by atoms with Crippen LogP contribution >= 0.6 is 11.6 Å². The van der Waals surface area contributed by atoms with Crippen LogP contribution in [0, 0.1) is 0 Å². The van der Waals surface area contributed by atoms with Crippen molar-refractivity contribution in [1.82, 2.24) is 9.88 Å². The highest BCUT2D eigenvalue weighted by Crippen LogP contribution is 2.22. The van der Waals surface area contributed by atoms with Gasteiger partial charge in [0.15, 0.2) is 0 Å². The Bertz CT molecular complexity index is 491. The molecule has 0 radical (unpaired) electrons. The van der Waals surface area contributed by atoms with Crippen LogP contribution in [0.15, 0.2) is 18.3 Å². The minimum Gasteiger partial charge on any atom is -0.380 e. The van der Waals surface area contributed by atoms with Crippen LogP contribution in [0.25, 0.3) is 0 Å². The maximum atomic E-state index is 12.3. The van der Waals surface area contributed by atoms with Crippen molar-refractivity contribution in [2.45, 2.75) is 18.6 Å². The molecule has 1 aromatic rings. The summed E-state index contributed by atoms with van der Waals surface area (Å²) in [5.41, 5.74) is 5.54. The molecule has 0 bridgehead atoms. The number of aromatic nitrogens is 1. The van der Waals surface area contributed by atoms with Gasteiger partial charge in [0, 0.05) is 26.3 Å². The van der Waals surface area contributed by atoms with Crippen LogP contribution in [-0.4, -0.2) is 47.5 Å². The van der Waals surface area contributed by atoms with Crippen LogP contribution in [0.5, 0.6) is 0 Å². The molecule has 0 spiro atoms. The molecule has 1 saturated heterocycles. The highest BCUT2D eigenvalue weighted by atomic mass is 35.5. The lowest BCUT2D eigenvalue weighted by atomic mass is 10.2. The Morgan fingerprint density at radius 1 is 1.53 bits per heavy atom. The van der Waals surface area contributed by atoms with E-state index in [1.807, 2.05) is 0 Å². The van der Waals surface area contributed by atoms with Gasteiger partial charge in [0.2, 0.25) is 5.91 Å². The number of hydrogen-bond acceptors (Lipinski definition) is 4. The monoisotopic (exact) mass is 283 g/mol. The van der Waals surface area contributed by atoms with Crippen molar-refractivity contribution in [2.75, 3.05) is 13.7 Å². The van der Waals surface area contributed by atoms with Crippen molar-refractivity contribution in [3.63, 3.8) is 0 Å². The maximum absolute atomic E-state index is 12.3. The van der Waals surface area contributed by atoms with E-state index >= 15 is 0 Å². The first-order chi connectivity index (χ1) is 9.02. The molecular formula is C12H14ClN3O3. The predicted octanol–water partition coefficient (Wildman–Crippen LogP) is 0.450. The summed E-state index contributed by atoms with van der Waals surface area (Å²) in [7, 11) is 1.54. The summed E-state index contributed by atoms with van der Waals surface area (Å²) in [6.45, 7) is 0.327. The third-order valence-corrected chi connectivity index (χ3v) is 3.36. The average Bonchev–Trinajstić information content (AvgIpc) is 2.83. The summed E-state index contributed by atoms with van der Waals surface area (Å²) in [6.07, 6.45) is 1.61. The molecular weight excluding hydrogens is 270 g/mol. The van der Waals surface area contributed by atoms with Gasteiger partial charge >= 0.3 is 0 Å². The highest BCUT2D eigenvalue weighted by molar-refractivity contribution is 6.30. The standard InChI is InChI=1S/C12H14ClN3O3/c1-19-8-4-10(11(14)17)16(6-8)12(18)9-3-2-7(13)5-15-9/h2-3,5,8,10H,4,6H2,1H3,(H2,14,17)/t8-,10-/m0/s1. The Kier molecular flexibility index (Phi) is 4.01. The lowest BCUT2D eigenvalue weighted by molar-refractivity contribution is -0.121. The van der Waals surface area contributed by atoms with Crippen molar-refractivity contribution in [3.8, 4) is 0 Å². The fraction of sp³-hybridized carbons (Fsp3) is 0.417. The van der Waals surface area contributed by atoms with Crippen LogP contribution in [0.3, 0.4) is 0 Å². The second-order valence-electron chi connectivity index (χ2n) is 4.33. The third kappa shape index (κ3) is 2.85. The van der Waals surface area contributed by atoms with Gasteiger partial charge in [-0.1, -0.05) is 11.6 Å². The van der Waals surface area contributed by atoms with Crippen LogP contribution in [0.1, 0.15) is 16.9 Å². The number of hydrogen-bond donors (Lipinski definition) is 1. The number of amides is 2. The Balaban J connectivity index is 2.21. The number of ether oxygens (including phenoxy) is 1. The molecule has 2 N–H and O–H groups in total. The van der Waals surface area contributed by atoms with Crippen LogP contribution in [-0.2, 0) is 9.53 Å². The average molecular weight is 284 g/mol. The molecule has 7 heteroatoms. The minimum atomic E-state index is -0.657. The first-order valence-electron chi connectivity index (χ1n) is 5.77. The van der Waals surface area contributed by atoms with E-state index < -0.39 is 11.9 Å². The molecule has 2 rings (SSSR count). The van der Waals surface area contributed by atoms with Gasteiger partial charge in [-0.25, -0.2) is 4.98 Å². The molecule has 1 aliphatic heterocycles. The number of halogens is 1. The molecule has 1 aromatic heterocycles. The zero-order valence-electron chi connectivity index (χ0n) is 10.4.